The van der Waals surface area contributed by atoms with Gasteiger partial charge in [0.1, 0.15) is 0 Å². The van der Waals surface area contributed by atoms with Gasteiger partial charge >= 0.3 is 0 Å². The summed E-state index contributed by atoms with van der Waals surface area (Å²) in [6.45, 7) is 1.31. The van der Waals surface area contributed by atoms with E-state index in [1.807, 2.05) is 12.1 Å². The fraction of sp³-hybridized carbons (Fsp3) is 0.333. The summed E-state index contributed by atoms with van der Waals surface area (Å²) in [7, 11) is 0. The highest BCUT2D eigenvalue weighted by atomic mass is 32.1. The number of aromatic nitrogens is 1. The number of unbranched alkanes of at least 4 members (excludes halogenated alkanes) is 1. The van der Waals surface area contributed by atoms with Crippen LogP contribution in [0.2, 0.25) is 0 Å². The molecule has 0 aliphatic carbocycles. The van der Waals surface area contributed by atoms with Gasteiger partial charge in [0.05, 0.1) is 10.2 Å². The highest BCUT2D eigenvalue weighted by molar-refractivity contribution is 7.22. The van der Waals surface area contributed by atoms with Gasteiger partial charge in [-0.25, -0.2) is 4.98 Å². The van der Waals surface area contributed by atoms with Gasteiger partial charge in [-0.3, -0.25) is 4.79 Å². The van der Waals surface area contributed by atoms with E-state index < -0.39 is 0 Å². The number of nitrogen functional groups attached to an aromatic ring is 1. The van der Waals surface area contributed by atoms with E-state index in [1.54, 1.807) is 6.07 Å². The van der Waals surface area contributed by atoms with Crippen LogP contribution in [0, 0.1) is 0 Å². The van der Waals surface area contributed by atoms with Crippen molar-refractivity contribution in [2.45, 2.75) is 12.8 Å². The Morgan fingerprint density at radius 2 is 2.22 bits per heavy atom. The van der Waals surface area contributed by atoms with Crippen molar-refractivity contribution in [3.8, 4) is 0 Å². The molecule has 0 atom stereocenters. The minimum absolute atomic E-state index is 0.0686. The molecule has 1 aromatic carbocycles. The third kappa shape index (κ3) is 2.96. The van der Waals surface area contributed by atoms with Crippen molar-refractivity contribution in [3.63, 3.8) is 0 Å². The number of hydrogen-bond acceptors (Lipinski definition) is 5. The Hall–Kier alpha value is -1.66. The van der Waals surface area contributed by atoms with E-state index in [9.17, 15) is 4.79 Å². The molecule has 96 valence electrons. The second kappa shape index (κ2) is 5.79. The third-order valence-electron chi connectivity index (χ3n) is 2.58. The summed E-state index contributed by atoms with van der Waals surface area (Å²) in [5, 5.41) is 3.38. The van der Waals surface area contributed by atoms with Crippen LogP contribution in [0.1, 0.15) is 23.2 Å². The fourth-order valence-electron chi connectivity index (χ4n) is 1.66. The van der Waals surface area contributed by atoms with E-state index in [0.717, 1.165) is 23.1 Å². The number of carbonyl (C=O) groups excluding carboxylic acids is 1. The third-order valence-corrected chi connectivity index (χ3v) is 3.43. The first kappa shape index (κ1) is 12.8. The number of thiazole rings is 1. The SMILES string of the molecule is NCCCCNC(=O)c1ccc2nc(N)sc2c1. The van der Waals surface area contributed by atoms with Crippen molar-refractivity contribution in [3.05, 3.63) is 23.8 Å². The van der Waals surface area contributed by atoms with Crippen LogP contribution < -0.4 is 16.8 Å². The molecule has 5 N–H and O–H groups in total. The number of nitrogens with zero attached hydrogens (tertiary/aromatic N) is 1. The molecular formula is C12H16N4OS. The molecule has 0 aliphatic rings. The van der Waals surface area contributed by atoms with Crippen LogP contribution in [0.3, 0.4) is 0 Å². The van der Waals surface area contributed by atoms with Gasteiger partial charge in [0.2, 0.25) is 0 Å². The molecule has 0 spiro atoms. The average molecular weight is 264 g/mol. The quantitative estimate of drug-likeness (QED) is 0.710. The standard InChI is InChI=1S/C12H16N4OS/c13-5-1-2-6-15-11(17)8-3-4-9-10(7-8)18-12(14)16-9/h3-4,7H,1-2,5-6,13H2,(H2,14,16)(H,15,17). The number of benzene rings is 1. The topological polar surface area (TPSA) is 94.0 Å². The highest BCUT2D eigenvalue weighted by Gasteiger charge is 2.07. The van der Waals surface area contributed by atoms with E-state index in [2.05, 4.69) is 10.3 Å². The molecule has 0 saturated heterocycles. The summed E-state index contributed by atoms with van der Waals surface area (Å²) < 4.78 is 0.933. The highest BCUT2D eigenvalue weighted by Crippen LogP contribution is 2.24. The zero-order valence-electron chi connectivity index (χ0n) is 9.98. The second-order valence-corrected chi connectivity index (χ2v) is 5.05. The number of anilines is 1. The average Bonchev–Trinajstić information content (AvgIpc) is 2.73. The Kier molecular flexibility index (Phi) is 4.11. The molecule has 5 nitrogen and oxygen atoms in total. The minimum Gasteiger partial charge on any atom is -0.375 e. The van der Waals surface area contributed by atoms with E-state index in [0.29, 0.717) is 23.8 Å². The summed E-state index contributed by atoms with van der Waals surface area (Å²) in [6, 6.07) is 5.40. The smallest absolute Gasteiger partial charge is 0.251 e. The second-order valence-electron chi connectivity index (χ2n) is 3.99. The molecule has 0 saturated carbocycles. The molecule has 0 unspecified atom stereocenters. The molecule has 2 rings (SSSR count). The lowest BCUT2D eigenvalue weighted by Gasteiger charge is -2.04. The molecule has 18 heavy (non-hydrogen) atoms. The van der Waals surface area contributed by atoms with Crippen LogP contribution in [-0.4, -0.2) is 24.0 Å². The molecule has 1 heterocycles. The number of amides is 1. The fourth-order valence-corrected chi connectivity index (χ4v) is 2.43. The Morgan fingerprint density at radius 3 is 3.00 bits per heavy atom. The largest absolute Gasteiger partial charge is 0.375 e. The van der Waals surface area contributed by atoms with Gasteiger partial charge in [0.15, 0.2) is 5.13 Å². The van der Waals surface area contributed by atoms with Gasteiger partial charge in [-0.15, -0.1) is 0 Å². The molecule has 1 aromatic heterocycles. The van der Waals surface area contributed by atoms with Crippen LogP contribution in [-0.2, 0) is 0 Å². The van der Waals surface area contributed by atoms with Crippen LogP contribution >= 0.6 is 11.3 Å². The number of fused-ring (bicyclic) bond motifs is 1. The lowest BCUT2D eigenvalue weighted by molar-refractivity contribution is 0.0953. The maximum absolute atomic E-state index is 11.9. The van der Waals surface area contributed by atoms with Gasteiger partial charge < -0.3 is 16.8 Å². The Morgan fingerprint density at radius 1 is 1.39 bits per heavy atom. The first-order chi connectivity index (χ1) is 8.70. The Labute approximate surface area is 109 Å². The summed E-state index contributed by atoms with van der Waals surface area (Å²) >= 11 is 1.39. The number of nitrogens with two attached hydrogens (primary N) is 2. The Balaban J connectivity index is 2.03. The zero-order chi connectivity index (χ0) is 13.0. The molecule has 2 aromatic rings. The summed E-state index contributed by atoms with van der Waals surface area (Å²) in [5.74, 6) is -0.0686. The first-order valence-electron chi connectivity index (χ1n) is 5.85. The normalized spacial score (nSPS) is 10.7. The summed E-state index contributed by atoms with van der Waals surface area (Å²) in [5.41, 5.74) is 12.5. The van der Waals surface area contributed by atoms with Crippen molar-refractivity contribution < 1.29 is 4.79 Å². The predicted octanol–water partition coefficient (Wildman–Crippen LogP) is 1.35. The van der Waals surface area contributed by atoms with Crippen LogP contribution in [0.5, 0.6) is 0 Å². The van der Waals surface area contributed by atoms with Crippen LogP contribution in [0.4, 0.5) is 5.13 Å². The maximum atomic E-state index is 11.9. The van der Waals surface area contributed by atoms with E-state index in [1.165, 1.54) is 11.3 Å². The number of hydrogen-bond donors (Lipinski definition) is 3. The van der Waals surface area contributed by atoms with Crippen molar-refractivity contribution in [1.29, 1.82) is 0 Å². The molecule has 0 bridgehead atoms. The molecule has 0 fully saturated rings. The number of carbonyl (C=O) groups is 1. The van der Waals surface area contributed by atoms with Gasteiger partial charge in [-0.1, -0.05) is 11.3 Å². The van der Waals surface area contributed by atoms with Crippen LogP contribution in [0.15, 0.2) is 18.2 Å². The minimum atomic E-state index is -0.0686. The maximum Gasteiger partial charge on any atom is 0.251 e. The summed E-state index contributed by atoms with van der Waals surface area (Å²) in [4.78, 5) is 16.0. The van der Waals surface area contributed by atoms with Gasteiger partial charge in [0, 0.05) is 12.1 Å². The van der Waals surface area contributed by atoms with Crippen molar-refractivity contribution in [1.82, 2.24) is 10.3 Å². The number of rotatable bonds is 5. The van der Waals surface area contributed by atoms with Crippen molar-refractivity contribution in [2.24, 2.45) is 5.73 Å². The lowest BCUT2D eigenvalue weighted by Crippen LogP contribution is -2.24. The predicted molar refractivity (Wildman–Crippen MR) is 74.7 cm³/mol. The van der Waals surface area contributed by atoms with Gasteiger partial charge in [-0.05, 0) is 37.6 Å². The summed E-state index contributed by atoms with van der Waals surface area (Å²) in [6.07, 6.45) is 1.82. The first-order valence-corrected chi connectivity index (χ1v) is 6.66. The lowest BCUT2D eigenvalue weighted by atomic mass is 10.2. The van der Waals surface area contributed by atoms with Crippen molar-refractivity contribution >= 4 is 32.6 Å². The van der Waals surface area contributed by atoms with E-state index in [-0.39, 0.29) is 5.91 Å². The molecule has 6 heteroatoms. The zero-order valence-corrected chi connectivity index (χ0v) is 10.8. The van der Waals surface area contributed by atoms with E-state index >= 15 is 0 Å². The van der Waals surface area contributed by atoms with E-state index in [4.69, 9.17) is 11.5 Å². The number of nitrogens with one attached hydrogen (secondary N) is 1. The Bertz CT molecular complexity index is 552. The monoisotopic (exact) mass is 264 g/mol. The molecule has 0 aliphatic heterocycles. The van der Waals surface area contributed by atoms with Crippen molar-refractivity contribution in [2.75, 3.05) is 18.8 Å². The molecular weight excluding hydrogens is 248 g/mol. The molecule has 1 amide bonds. The van der Waals surface area contributed by atoms with Gasteiger partial charge in [0.25, 0.3) is 5.91 Å². The molecule has 0 radical (unpaired) electrons. The van der Waals surface area contributed by atoms with Crippen LogP contribution in [0.25, 0.3) is 10.2 Å². The van der Waals surface area contributed by atoms with Gasteiger partial charge in [-0.2, -0.15) is 0 Å².